The van der Waals surface area contributed by atoms with Gasteiger partial charge in [-0.1, -0.05) is 25.5 Å². The Morgan fingerprint density at radius 3 is 2.44 bits per heavy atom. The van der Waals surface area contributed by atoms with Gasteiger partial charge in [-0.15, -0.1) is 0 Å². The Hall–Kier alpha value is -1.15. The summed E-state index contributed by atoms with van der Waals surface area (Å²) in [6.07, 6.45) is 6.87. The molecule has 2 aromatic carbocycles. The van der Waals surface area contributed by atoms with Crippen LogP contribution in [0.25, 0.3) is 10.8 Å². The molecule has 0 saturated carbocycles. The summed E-state index contributed by atoms with van der Waals surface area (Å²) in [7, 11) is -0.0194. The zero-order valence-corrected chi connectivity index (χ0v) is 12.3. The second-order valence-electron chi connectivity index (χ2n) is 4.79. The number of rotatable bonds is 5. The molecule has 0 aliphatic rings. The highest BCUT2D eigenvalue weighted by atomic mass is 32.2. The van der Waals surface area contributed by atoms with Crippen molar-refractivity contribution < 1.29 is 4.74 Å². The highest BCUT2D eigenvalue weighted by molar-refractivity contribution is 8.15. The molecule has 0 unspecified atom stereocenters. The average molecular weight is 262 g/mol. The molecule has 2 aromatic rings. The van der Waals surface area contributed by atoms with Gasteiger partial charge in [-0.2, -0.15) is 0 Å². The maximum absolute atomic E-state index is 5.74. The van der Waals surface area contributed by atoms with Crippen LogP contribution in [0.1, 0.15) is 19.8 Å². The minimum absolute atomic E-state index is 0.0194. The standard InChI is InChI=1S/C16H22OS/c1-4-5-10-17-15-8-6-14-12-16(18(2)3)9-7-13(14)11-15/h6-9,11-12,18H,4-5,10H2,1-3H3. The zero-order chi connectivity index (χ0) is 13.0. The van der Waals surface area contributed by atoms with Crippen molar-refractivity contribution in [1.29, 1.82) is 0 Å². The molecule has 0 saturated heterocycles. The monoisotopic (exact) mass is 262 g/mol. The van der Waals surface area contributed by atoms with E-state index in [4.69, 9.17) is 4.74 Å². The smallest absolute Gasteiger partial charge is 0.119 e. The molecule has 18 heavy (non-hydrogen) atoms. The van der Waals surface area contributed by atoms with Gasteiger partial charge in [0.1, 0.15) is 5.75 Å². The Balaban J connectivity index is 2.21. The molecule has 0 fully saturated rings. The van der Waals surface area contributed by atoms with E-state index in [-0.39, 0.29) is 10.9 Å². The van der Waals surface area contributed by atoms with Gasteiger partial charge < -0.3 is 4.74 Å². The van der Waals surface area contributed by atoms with E-state index in [2.05, 4.69) is 55.8 Å². The van der Waals surface area contributed by atoms with Crippen molar-refractivity contribution in [2.24, 2.45) is 0 Å². The van der Waals surface area contributed by atoms with E-state index < -0.39 is 0 Å². The van der Waals surface area contributed by atoms with Crippen LogP contribution >= 0.6 is 10.9 Å². The Bertz CT molecular complexity index is 519. The molecular weight excluding hydrogens is 240 g/mol. The van der Waals surface area contributed by atoms with Gasteiger partial charge in [-0.05, 0) is 58.9 Å². The quantitative estimate of drug-likeness (QED) is 0.610. The van der Waals surface area contributed by atoms with Gasteiger partial charge in [0.05, 0.1) is 6.61 Å². The molecule has 0 amide bonds. The molecule has 0 atom stereocenters. The van der Waals surface area contributed by atoms with E-state index in [1.165, 1.54) is 22.1 Å². The Morgan fingerprint density at radius 1 is 1.00 bits per heavy atom. The molecule has 0 aromatic heterocycles. The van der Waals surface area contributed by atoms with Crippen LogP contribution in [-0.2, 0) is 0 Å². The van der Waals surface area contributed by atoms with E-state index in [0.717, 1.165) is 18.8 Å². The summed E-state index contributed by atoms with van der Waals surface area (Å²) in [5, 5.41) is 2.58. The molecule has 2 rings (SSSR count). The fourth-order valence-corrected chi connectivity index (χ4v) is 2.68. The molecule has 0 bridgehead atoms. The van der Waals surface area contributed by atoms with Crippen molar-refractivity contribution in [3.05, 3.63) is 36.4 Å². The molecule has 0 radical (unpaired) electrons. The van der Waals surface area contributed by atoms with E-state index in [0.29, 0.717) is 0 Å². The molecule has 98 valence electrons. The Morgan fingerprint density at radius 2 is 1.72 bits per heavy atom. The number of hydrogen-bond acceptors (Lipinski definition) is 1. The summed E-state index contributed by atoms with van der Waals surface area (Å²) < 4.78 is 5.74. The minimum atomic E-state index is -0.0194. The first-order chi connectivity index (χ1) is 8.70. The van der Waals surface area contributed by atoms with Crippen LogP contribution in [0.15, 0.2) is 41.3 Å². The van der Waals surface area contributed by atoms with Crippen LogP contribution in [0.4, 0.5) is 0 Å². The number of hydrogen-bond donors (Lipinski definition) is 1. The first kappa shape index (κ1) is 13.3. The summed E-state index contributed by atoms with van der Waals surface area (Å²) in [4.78, 5) is 1.46. The summed E-state index contributed by atoms with van der Waals surface area (Å²) in [6, 6.07) is 13.1. The molecule has 0 N–H and O–H groups in total. The normalized spacial score (nSPS) is 11.6. The number of unbranched alkanes of at least 4 members (excludes halogenated alkanes) is 1. The fraction of sp³-hybridized carbons (Fsp3) is 0.375. The lowest BCUT2D eigenvalue weighted by molar-refractivity contribution is 0.310. The average Bonchev–Trinajstić information content (AvgIpc) is 2.38. The lowest BCUT2D eigenvalue weighted by Crippen LogP contribution is -1.96. The maximum Gasteiger partial charge on any atom is 0.119 e. The third-order valence-electron chi connectivity index (χ3n) is 3.08. The highest BCUT2D eigenvalue weighted by Crippen LogP contribution is 2.31. The number of thiol groups is 1. The second kappa shape index (κ2) is 6.14. The third kappa shape index (κ3) is 3.20. The molecule has 1 nitrogen and oxygen atoms in total. The molecule has 0 aliphatic heterocycles. The predicted octanol–water partition coefficient (Wildman–Crippen LogP) is 4.64. The van der Waals surface area contributed by atoms with Gasteiger partial charge in [0.15, 0.2) is 0 Å². The highest BCUT2D eigenvalue weighted by Gasteiger charge is 2.00. The number of ether oxygens (including phenoxy) is 1. The van der Waals surface area contributed by atoms with Crippen LogP contribution in [0, 0.1) is 0 Å². The molecule has 0 spiro atoms. The summed E-state index contributed by atoms with van der Waals surface area (Å²) in [5.74, 6) is 0.985. The van der Waals surface area contributed by atoms with Gasteiger partial charge in [0.25, 0.3) is 0 Å². The summed E-state index contributed by atoms with van der Waals surface area (Å²) >= 11 is 0. The number of fused-ring (bicyclic) bond motifs is 1. The second-order valence-corrected chi connectivity index (χ2v) is 7.09. The van der Waals surface area contributed by atoms with Crippen LogP contribution in [0.3, 0.4) is 0 Å². The van der Waals surface area contributed by atoms with Crippen molar-refractivity contribution >= 4 is 21.7 Å². The maximum atomic E-state index is 5.74. The fourth-order valence-electron chi connectivity index (χ4n) is 1.91. The predicted molar refractivity (Wildman–Crippen MR) is 83.5 cm³/mol. The van der Waals surface area contributed by atoms with Crippen LogP contribution in [0.2, 0.25) is 0 Å². The molecule has 0 heterocycles. The van der Waals surface area contributed by atoms with E-state index in [1.807, 2.05) is 0 Å². The van der Waals surface area contributed by atoms with E-state index in [9.17, 15) is 0 Å². The van der Waals surface area contributed by atoms with Gasteiger partial charge in [0, 0.05) is 0 Å². The number of benzene rings is 2. The van der Waals surface area contributed by atoms with Gasteiger partial charge in [-0.25, -0.2) is 10.9 Å². The minimum Gasteiger partial charge on any atom is -0.494 e. The summed E-state index contributed by atoms with van der Waals surface area (Å²) in [6.45, 7) is 2.99. The zero-order valence-electron chi connectivity index (χ0n) is 11.4. The van der Waals surface area contributed by atoms with Crippen LogP contribution in [0.5, 0.6) is 5.75 Å². The Labute approximate surface area is 113 Å². The van der Waals surface area contributed by atoms with Crippen molar-refractivity contribution in [3.63, 3.8) is 0 Å². The van der Waals surface area contributed by atoms with Crippen LogP contribution < -0.4 is 4.74 Å². The van der Waals surface area contributed by atoms with Crippen molar-refractivity contribution in [2.45, 2.75) is 24.7 Å². The van der Waals surface area contributed by atoms with Crippen LogP contribution in [-0.4, -0.2) is 19.1 Å². The molecular formula is C16H22OS. The van der Waals surface area contributed by atoms with Crippen molar-refractivity contribution in [3.8, 4) is 5.75 Å². The molecule has 2 heteroatoms. The molecule has 0 aliphatic carbocycles. The van der Waals surface area contributed by atoms with Crippen molar-refractivity contribution in [2.75, 3.05) is 19.1 Å². The Kier molecular flexibility index (Phi) is 4.54. The third-order valence-corrected chi connectivity index (χ3v) is 4.39. The lowest BCUT2D eigenvalue weighted by Gasteiger charge is -2.11. The first-order valence-corrected chi connectivity index (χ1v) is 8.78. The lowest BCUT2D eigenvalue weighted by atomic mass is 10.1. The van der Waals surface area contributed by atoms with E-state index in [1.54, 1.807) is 0 Å². The largest absolute Gasteiger partial charge is 0.494 e. The van der Waals surface area contributed by atoms with E-state index >= 15 is 0 Å². The first-order valence-electron chi connectivity index (χ1n) is 6.54. The van der Waals surface area contributed by atoms with Crippen molar-refractivity contribution in [1.82, 2.24) is 0 Å². The van der Waals surface area contributed by atoms with Gasteiger partial charge in [-0.3, -0.25) is 0 Å². The topological polar surface area (TPSA) is 9.23 Å². The van der Waals surface area contributed by atoms with Gasteiger partial charge >= 0.3 is 0 Å². The SMILES string of the molecule is CCCCOc1ccc2cc([SH](C)C)ccc2c1. The van der Waals surface area contributed by atoms with Gasteiger partial charge in [0.2, 0.25) is 0 Å². The summed E-state index contributed by atoms with van der Waals surface area (Å²) in [5.41, 5.74) is 0.